The van der Waals surface area contributed by atoms with Gasteiger partial charge in [0.1, 0.15) is 10.6 Å². The number of pyridine rings is 2. The maximum atomic E-state index is 15.2. The molecule has 3 rings (SSSR count). The molecule has 8 nitrogen and oxygen atoms in total. The molecule has 31 heavy (non-hydrogen) atoms. The van der Waals surface area contributed by atoms with E-state index in [1.807, 2.05) is 5.32 Å². The van der Waals surface area contributed by atoms with Crippen LogP contribution in [0.3, 0.4) is 0 Å². The third-order valence-corrected chi connectivity index (χ3v) is 5.82. The van der Waals surface area contributed by atoms with Gasteiger partial charge in [0, 0.05) is 42.5 Å². The smallest absolute Gasteiger partial charge is 0.434 e. The lowest BCUT2D eigenvalue weighted by atomic mass is 10.1. The third kappa shape index (κ3) is 4.50. The predicted octanol–water partition coefficient (Wildman–Crippen LogP) is 3.15. The highest BCUT2D eigenvalue weighted by Gasteiger charge is 2.38. The first-order valence-electron chi connectivity index (χ1n) is 8.58. The van der Waals surface area contributed by atoms with Gasteiger partial charge < -0.3 is 10.4 Å². The molecule has 0 unspecified atom stereocenters. The summed E-state index contributed by atoms with van der Waals surface area (Å²) in [5.74, 6) is -1.24. The first-order chi connectivity index (χ1) is 14.5. The van der Waals surface area contributed by atoms with Crippen LogP contribution in [0.4, 0.5) is 22.4 Å². The van der Waals surface area contributed by atoms with Gasteiger partial charge in [0.15, 0.2) is 11.5 Å². The van der Waals surface area contributed by atoms with Crippen molar-refractivity contribution in [3.05, 3.63) is 66.1 Å². The number of alkyl halides is 3. The molecular formula is C18H14F4N4O4S. The molecule has 0 saturated carbocycles. The standard InChI is InChI=1S/C18H14F4N4O4S/c19-14-11(5-8-25-17(27)28)10-26(31(29,30)12-3-1-6-23-9-12)15(14)13-4-2-7-24-16(13)18(20,21)22/h1-4,6-7,9-10,25H,5,8H2,(H,27,28). The average molecular weight is 458 g/mol. The molecule has 0 aliphatic carbocycles. The fourth-order valence-corrected chi connectivity index (χ4v) is 4.21. The summed E-state index contributed by atoms with van der Waals surface area (Å²) in [7, 11) is -4.54. The van der Waals surface area contributed by atoms with Crippen LogP contribution < -0.4 is 5.32 Å². The Balaban J connectivity index is 2.25. The van der Waals surface area contributed by atoms with E-state index in [0.29, 0.717) is 3.97 Å². The lowest BCUT2D eigenvalue weighted by Gasteiger charge is -2.14. The number of carbonyl (C=O) groups is 1. The Morgan fingerprint density at radius 2 is 1.90 bits per heavy atom. The summed E-state index contributed by atoms with van der Waals surface area (Å²) in [6, 6.07) is 4.48. The molecule has 0 saturated heterocycles. The molecule has 0 atom stereocenters. The van der Waals surface area contributed by atoms with Crippen molar-refractivity contribution in [3.63, 3.8) is 0 Å². The van der Waals surface area contributed by atoms with E-state index in [-0.39, 0.29) is 23.4 Å². The quantitative estimate of drug-likeness (QED) is 0.549. The van der Waals surface area contributed by atoms with Crippen molar-refractivity contribution >= 4 is 16.1 Å². The fraction of sp³-hybridized carbons (Fsp3) is 0.167. The monoisotopic (exact) mass is 458 g/mol. The van der Waals surface area contributed by atoms with Crippen molar-refractivity contribution in [3.8, 4) is 11.3 Å². The second kappa shape index (κ2) is 8.34. The van der Waals surface area contributed by atoms with E-state index in [0.717, 1.165) is 36.8 Å². The van der Waals surface area contributed by atoms with Gasteiger partial charge in [0.2, 0.25) is 0 Å². The molecule has 2 N–H and O–H groups in total. The van der Waals surface area contributed by atoms with Crippen LogP contribution in [0.5, 0.6) is 0 Å². The number of carboxylic acid groups (broad SMARTS) is 1. The molecule has 0 fully saturated rings. The van der Waals surface area contributed by atoms with E-state index < -0.39 is 45.1 Å². The third-order valence-electron chi connectivity index (χ3n) is 4.18. The predicted molar refractivity (Wildman–Crippen MR) is 99.2 cm³/mol. The van der Waals surface area contributed by atoms with Crippen LogP contribution in [-0.4, -0.2) is 40.1 Å². The van der Waals surface area contributed by atoms with Crippen LogP contribution in [0.2, 0.25) is 0 Å². The van der Waals surface area contributed by atoms with Crippen molar-refractivity contribution in [1.82, 2.24) is 19.3 Å². The summed E-state index contributed by atoms with van der Waals surface area (Å²) in [5.41, 5.74) is -3.41. The largest absolute Gasteiger partial charge is 0.465 e. The van der Waals surface area contributed by atoms with E-state index in [2.05, 4.69) is 9.97 Å². The van der Waals surface area contributed by atoms with Crippen LogP contribution in [0.1, 0.15) is 11.3 Å². The van der Waals surface area contributed by atoms with Crippen LogP contribution in [0, 0.1) is 5.82 Å². The van der Waals surface area contributed by atoms with Crippen molar-refractivity contribution in [2.75, 3.05) is 6.54 Å². The Kier molecular flexibility index (Phi) is 5.97. The summed E-state index contributed by atoms with van der Waals surface area (Å²) < 4.78 is 82.3. The molecule has 13 heteroatoms. The molecule has 3 heterocycles. The molecule has 3 aromatic heterocycles. The van der Waals surface area contributed by atoms with Crippen LogP contribution >= 0.6 is 0 Å². The Hall–Kier alpha value is -3.48. The summed E-state index contributed by atoms with van der Waals surface area (Å²) in [6.45, 7) is -0.290. The summed E-state index contributed by atoms with van der Waals surface area (Å²) >= 11 is 0. The first-order valence-corrected chi connectivity index (χ1v) is 10.0. The van der Waals surface area contributed by atoms with Gasteiger partial charge >= 0.3 is 12.3 Å². The number of amides is 1. The number of hydrogen-bond acceptors (Lipinski definition) is 5. The van der Waals surface area contributed by atoms with Crippen molar-refractivity contribution in [1.29, 1.82) is 0 Å². The minimum Gasteiger partial charge on any atom is -0.465 e. The average Bonchev–Trinajstić information content (AvgIpc) is 3.05. The molecule has 0 aromatic carbocycles. The zero-order valence-electron chi connectivity index (χ0n) is 15.5. The minimum absolute atomic E-state index is 0.290. The lowest BCUT2D eigenvalue weighted by Crippen LogP contribution is -2.23. The first kappa shape index (κ1) is 22.2. The Morgan fingerprint density at radius 1 is 1.19 bits per heavy atom. The van der Waals surface area contributed by atoms with Gasteiger partial charge in [-0.1, -0.05) is 0 Å². The maximum Gasteiger partial charge on any atom is 0.434 e. The second-order valence-electron chi connectivity index (χ2n) is 6.19. The minimum atomic E-state index is -4.98. The molecule has 0 aliphatic heterocycles. The highest BCUT2D eigenvalue weighted by molar-refractivity contribution is 7.90. The zero-order valence-corrected chi connectivity index (χ0v) is 16.3. The SMILES string of the molecule is O=C(O)NCCc1cn(S(=O)(=O)c2cccnc2)c(-c2cccnc2C(F)(F)F)c1F. The number of nitrogens with zero attached hydrogens (tertiary/aromatic N) is 3. The highest BCUT2D eigenvalue weighted by Crippen LogP contribution is 2.38. The van der Waals surface area contributed by atoms with Gasteiger partial charge in [0.05, 0.1) is 0 Å². The Labute approximate surface area is 173 Å². The molecule has 0 aliphatic rings. The van der Waals surface area contributed by atoms with Crippen molar-refractivity contribution < 1.29 is 35.9 Å². The van der Waals surface area contributed by atoms with E-state index in [4.69, 9.17) is 5.11 Å². The van der Waals surface area contributed by atoms with E-state index in [9.17, 15) is 26.4 Å². The normalized spacial score (nSPS) is 12.0. The van der Waals surface area contributed by atoms with Gasteiger partial charge in [-0.15, -0.1) is 0 Å². The maximum absolute atomic E-state index is 15.2. The molecule has 0 spiro atoms. The second-order valence-corrected chi connectivity index (χ2v) is 8.00. The molecule has 1 amide bonds. The molecule has 0 bridgehead atoms. The van der Waals surface area contributed by atoms with Crippen LogP contribution in [0.15, 0.2) is 53.9 Å². The fourth-order valence-electron chi connectivity index (χ4n) is 2.85. The van der Waals surface area contributed by atoms with Gasteiger partial charge in [-0.05, 0) is 30.7 Å². The summed E-state index contributed by atoms with van der Waals surface area (Å²) in [6.07, 6.45) is -2.74. The van der Waals surface area contributed by atoms with Crippen LogP contribution in [0.25, 0.3) is 11.3 Å². The molecule has 3 aromatic rings. The van der Waals surface area contributed by atoms with Gasteiger partial charge in [-0.3, -0.25) is 9.97 Å². The summed E-state index contributed by atoms with van der Waals surface area (Å²) in [4.78, 5) is 17.2. The zero-order chi connectivity index (χ0) is 22.8. The molecular weight excluding hydrogens is 444 g/mol. The molecule has 0 radical (unpaired) electrons. The number of nitrogens with one attached hydrogen (secondary N) is 1. The highest BCUT2D eigenvalue weighted by atomic mass is 32.2. The topological polar surface area (TPSA) is 114 Å². The Morgan fingerprint density at radius 3 is 2.52 bits per heavy atom. The van der Waals surface area contributed by atoms with E-state index in [1.54, 1.807) is 0 Å². The van der Waals surface area contributed by atoms with E-state index >= 15 is 4.39 Å². The number of halogens is 4. The van der Waals surface area contributed by atoms with Crippen LogP contribution in [-0.2, 0) is 22.6 Å². The number of rotatable bonds is 6. The van der Waals surface area contributed by atoms with Gasteiger partial charge in [0.25, 0.3) is 10.0 Å². The summed E-state index contributed by atoms with van der Waals surface area (Å²) in [5, 5.41) is 10.6. The van der Waals surface area contributed by atoms with Gasteiger partial charge in [-0.25, -0.2) is 21.6 Å². The van der Waals surface area contributed by atoms with E-state index in [1.165, 1.54) is 12.3 Å². The molecule has 164 valence electrons. The number of aromatic nitrogens is 3. The number of hydrogen-bond donors (Lipinski definition) is 2. The van der Waals surface area contributed by atoms with Crippen molar-refractivity contribution in [2.45, 2.75) is 17.5 Å². The van der Waals surface area contributed by atoms with Gasteiger partial charge in [-0.2, -0.15) is 13.2 Å². The Bertz CT molecular complexity index is 1210. The van der Waals surface area contributed by atoms with Crippen molar-refractivity contribution in [2.24, 2.45) is 0 Å². The lowest BCUT2D eigenvalue weighted by molar-refractivity contribution is -0.140.